The molecule has 0 spiro atoms. The summed E-state index contributed by atoms with van der Waals surface area (Å²) in [5.74, 6) is -0.176. The standard InChI is InChI=1S/C22H20ClN3O3S/c1-13(2)9-10-25-21(29)17-8-7-14(23)11-18(17)24-22(25)30-12-26-19(27)15-5-3-4-6-16(15)20(26)28/h3-8,11,13H,9-10,12H2,1-2H3. The van der Waals surface area contributed by atoms with E-state index in [2.05, 4.69) is 18.8 Å². The Bertz CT molecular complexity index is 1190. The largest absolute Gasteiger partial charge is 0.287 e. The number of hydrogen-bond donors (Lipinski definition) is 0. The molecule has 0 N–H and O–H groups in total. The molecule has 30 heavy (non-hydrogen) atoms. The van der Waals surface area contributed by atoms with Crippen molar-refractivity contribution in [3.63, 3.8) is 0 Å². The van der Waals surface area contributed by atoms with Gasteiger partial charge in [0.2, 0.25) is 0 Å². The van der Waals surface area contributed by atoms with E-state index in [1.165, 1.54) is 16.7 Å². The molecule has 0 atom stereocenters. The lowest BCUT2D eigenvalue weighted by Gasteiger charge is -2.17. The monoisotopic (exact) mass is 441 g/mol. The Morgan fingerprint density at radius 2 is 1.70 bits per heavy atom. The fraction of sp³-hybridized carbons (Fsp3) is 0.273. The van der Waals surface area contributed by atoms with Crippen molar-refractivity contribution in [3.05, 3.63) is 69.0 Å². The molecule has 2 heterocycles. The summed E-state index contributed by atoms with van der Waals surface area (Å²) in [7, 11) is 0. The van der Waals surface area contributed by atoms with Gasteiger partial charge in [0.05, 0.1) is 27.9 Å². The molecule has 3 aromatic rings. The third-order valence-electron chi connectivity index (χ3n) is 5.01. The van der Waals surface area contributed by atoms with Gasteiger partial charge in [0.15, 0.2) is 5.16 Å². The molecule has 1 aliphatic heterocycles. The number of carbonyl (C=O) groups excluding carboxylic acids is 2. The van der Waals surface area contributed by atoms with E-state index in [0.29, 0.717) is 44.7 Å². The Kier molecular flexibility index (Phi) is 5.66. The number of hydrogen-bond acceptors (Lipinski definition) is 5. The molecule has 1 aromatic heterocycles. The van der Waals surface area contributed by atoms with Gasteiger partial charge in [-0.2, -0.15) is 0 Å². The van der Waals surface area contributed by atoms with Crippen molar-refractivity contribution in [3.8, 4) is 0 Å². The number of aromatic nitrogens is 2. The molecule has 0 bridgehead atoms. The maximum absolute atomic E-state index is 13.1. The Labute approximate surface area is 182 Å². The van der Waals surface area contributed by atoms with Crippen LogP contribution in [-0.4, -0.2) is 32.1 Å². The number of rotatable bonds is 6. The second-order valence-corrected chi connectivity index (χ2v) is 8.90. The Hall–Kier alpha value is -2.64. The topological polar surface area (TPSA) is 72.3 Å². The molecule has 2 aromatic carbocycles. The highest BCUT2D eigenvalue weighted by molar-refractivity contribution is 7.99. The fourth-order valence-corrected chi connectivity index (χ4v) is 4.49. The Morgan fingerprint density at radius 3 is 2.33 bits per heavy atom. The number of benzene rings is 2. The van der Waals surface area contributed by atoms with Crippen LogP contribution in [0.15, 0.2) is 52.4 Å². The predicted molar refractivity (Wildman–Crippen MR) is 118 cm³/mol. The summed E-state index contributed by atoms with van der Waals surface area (Å²) in [6.07, 6.45) is 0.807. The summed E-state index contributed by atoms with van der Waals surface area (Å²) in [5.41, 5.74) is 1.15. The van der Waals surface area contributed by atoms with Crippen molar-refractivity contribution in [2.24, 2.45) is 5.92 Å². The minimum absolute atomic E-state index is 0.0759. The van der Waals surface area contributed by atoms with Gasteiger partial charge in [-0.05, 0) is 42.7 Å². The van der Waals surface area contributed by atoms with Crippen molar-refractivity contribution in [1.82, 2.24) is 14.5 Å². The Balaban J connectivity index is 1.68. The van der Waals surface area contributed by atoms with Crippen LogP contribution in [0.4, 0.5) is 0 Å². The first-order valence-corrected chi connectivity index (χ1v) is 11.0. The summed E-state index contributed by atoms with van der Waals surface area (Å²) in [6.45, 7) is 4.68. The average Bonchev–Trinajstić information content (AvgIpc) is 2.96. The van der Waals surface area contributed by atoms with Gasteiger partial charge in [0.1, 0.15) is 0 Å². The summed E-state index contributed by atoms with van der Waals surface area (Å²) in [5, 5.41) is 1.45. The van der Waals surface area contributed by atoms with Crippen molar-refractivity contribution in [2.45, 2.75) is 32.0 Å². The number of amides is 2. The van der Waals surface area contributed by atoms with E-state index in [1.807, 2.05) is 0 Å². The molecule has 0 saturated carbocycles. The highest BCUT2D eigenvalue weighted by atomic mass is 35.5. The van der Waals surface area contributed by atoms with Gasteiger partial charge in [0, 0.05) is 11.6 Å². The third kappa shape index (κ3) is 3.75. The zero-order valence-electron chi connectivity index (χ0n) is 16.6. The van der Waals surface area contributed by atoms with E-state index in [-0.39, 0.29) is 23.3 Å². The van der Waals surface area contributed by atoms with Gasteiger partial charge in [-0.25, -0.2) is 4.98 Å². The molecule has 0 saturated heterocycles. The first-order valence-electron chi connectivity index (χ1n) is 9.65. The molecule has 154 valence electrons. The number of thioether (sulfide) groups is 1. The second-order valence-electron chi connectivity index (χ2n) is 7.55. The second kappa shape index (κ2) is 8.24. The number of carbonyl (C=O) groups is 2. The quantitative estimate of drug-likeness (QED) is 0.321. The lowest BCUT2D eigenvalue weighted by atomic mass is 10.1. The lowest BCUT2D eigenvalue weighted by Crippen LogP contribution is -2.30. The minimum atomic E-state index is -0.331. The van der Waals surface area contributed by atoms with Crippen LogP contribution in [0.1, 0.15) is 41.0 Å². The van der Waals surface area contributed by atoms with Crippen molar-refractivity contribution in [1.29, 1.82) is 0 Å². The minimum Gasteiger partial charge on any atom is -0.287 e. The molecule has 0 unspecified atom stereocenters. The molecule has 4 rings (SSSR count). The van der Waals surface area contributed by atoms with E-state index in [0.717, 1.165) is 6.42 Å². The zero-order valence-corrected chi connectivity index (χ0v) is 18.2. The van der Waals surface area contributed by atoms with Gasteiger partial charge in [0.25, 0.3) is 17.4 Å². The van der Waals surface area contributed by atoms with Crippen LogP contribution in [0.3, 0.4) is 0 Å². The Morgan fingerprint density at radius 1 is 1.03 bits per heavy atom. The molecule has 0 fully saturated rings. The molecule has 8 heteroatoms. The fourth-order valence-electron chi connectivity index (χ4n) is 3.35. The maximum Gasteiger partial charge on any atom is 0.262 e. The summed E-state index contributed by atoms with van der Waals surface area (Å²) >= 11 is 7.29. The molecule has 0 aliphatic carbocycles. The first kappa shape index (κ1) is 20.6. The van der Waals surface area contributed by atoms with Crippen molar-refractivity contribution >= 4 is 46.1 Å². The molecule has 1 aliphatic rings. The maximum atomic E-state index is 13.1. The molecule has 6 nitrogen and oxygen atoms in total. The summed E-state index contributed by atoms with van der Waals surface area (Å²) in [6, 6.07) is 11.8. The molecular weight excluding hydrogens is 422 g/mol. The van der Waals surface area contributed by atoms with Crippen LogP contribution < -0.4 is 5.56 Å². The smallest absolute Gasteiger partial charge is 0.262 e. The van der Waals surface area contributed by atoms with Gasteiger partial charge < -0.3 is 0 Å². The van der Waals surface area contributed by atoms with Crippen LogP contribution in [0.2, 0.25) is 5.02 Å². The zero-order chi connectivity index (χ0) is 21.4. The number of halogens is 1. The van der Waals surface area contributed by atoms with E-state index in [9.17, 15) is 14.4 Å². The number of nitrogens with zero attached hydrogens (tertiary/aromatic N) is 3. The highest BCUT2D eigenvalue weighted by Crippen LogP contribution is 2.27. The molecule has 0 radical (unpaired) electrons. The van der Waals surface area contributed by atoms with E-state index in [4.69, 9.17) is 11.6 Å². The van der Waals surface area contributed by atoms with Gasteiger partial charge in [-0.3, -0.25) is 23.9 Å². The van der Waals surface area contributed by atoms with E-state index in [1.54, 1.807) is 47.0 Å². The summed E-state index contributed by atoms with van der Waals surface area (Å²) < 4.78 is 1.62. The van der Waals surface area contributed by atoms with Crippen molar-refractivity contribution in [2.75, 3.05) is 5.88 Å². The average molecular weight is 442 g/mol. The number of fused-ring (bicyclic) bond motifs is 2. The van der Waals surface area contributed by atoms with Crippen LogP contribution in [0, 0.1) is 5.92 Å². The predicted octanol–water partition coefficient (Wildman–Crippen LogP) is 4.44. The first-order chi connectivity index (χ1) is 14.4. The summed E-state index contributed by atoms with van der Waals surface area (Å²) in [4.78, 5) is 44.2. The van der Waals surface area contributed by atoms with Crippen LogP contribution in [-0.2, 0) is 6.54 Å². The molecular formula is C22H20ClN3O3S. The van der Waals surface area contributed by atoms with Crippen LogP contribution in [0.5, 0.6) is 0 Å². The SMILES string of the molecule is CC(C)CCn1c(SCN2C(=O)c3ccccc3C2=O)nc2cc(Cl)ccc2c1=O. The normalized spacial score (nSPS) is 13.5. The van der Waals surface area contributed by atoms with Crippen LogP contribution in [0.25, 0.3) is 10.9 Å². The van der Waals surface area contributed by atoms with Crippen molar-refractivity contribution < 1.29 is 9.59 Å². The highest BCUT2D eigenvalue weighted by Gasteiger charge is 2.35. The third-order valence-corrected chi connectivity index (χ3v) is 6.21. The lowest BCUT2D eigenvalue weighted by molar-refractivity contribution is 0.0684. The van der Waals surface area contributed by atoms with Gasteiger partial charge in [-0.1, -0.05) is 49.3 Å². The molecule has 2 amide bonds. The van der Waals surface area contributed by atoms with Gasteiger partial charge >= 0.3 is 0 Å². The number of imide groups is 1. The van der Waals surface area contributed by atoms with Crippen LogP contribution >= 0.6 is 23.4 Å². The van der Waals surface area contributed by atoms with E-state index >= 15 is 0 Å². The van der Waals surface area contributed by atoms with E-state index < -0.39 is 0 Å². The van der Waals surface area contributed by atoms with Gasteiger partial charge in [-0.15, -0.1) is 0 Å².